The van der Waals surface area contributed by atoms with E-state index in [1.54, 1.807) is 0 Å². The molecule has 16 nitrogen and oxygen atoms in total. The van der Waals surface area contributed by atoms with Crippen LogP contribution in [0.4, 0.5) is 0 Å². The summed E-state index contributed by atoms with van der Waals surface area (Å²) < 4.78 is 68.7. The van der Waals surface area contributed by atoms with Crippen molar-refractivity contribution in [1.82, 2.24) is 0 Å². The topological polar surface area (TPSA) is 129 Å². The third-order valence-corrected chi connectivity index (χ3v) is 19.5. The van der Waals surface area contributed by atoms with E-state index in [9.17, 15) is 0 Å². The van der Waals surface area contributed by atoms with Crippen molar-refractivity contribution in [3.05, 3.63) is 86.5 Å². The molecule has 0 spiro atoms. The molecule has 0 saturated carbocycles. The first-order valence-electron chi connectivity index (χ1n) is 40.1. The first-order chi connectivity index (χ1) is 47.9. The molecule has 6 saturated heterocycles. The van der Waals surface area contributed by atoms with Crippen LogP contribution in [-0.2, 0) is 123 Å². The molecule has 0 aromatic heterocycles. The Morgan fingerprint density at radius 2 is 0.321 bits per heavy atom. The Bertz CT molecular complexity index is 2170. The molecule has 0 unspecified atom stereocenters. The van der Waals surface area contributed by atoms with Crippen LogP contribution in [0.15, 0.2) is 36.4 Å². The zero-order valence-electron chi connectivity index (χ0n) is 74.2. The molecular formula is C87H163K2MnN4O12+3. The van der Waals surface area contributed by atoms with Crippen molar-refractivity contribution in [1.29, 1.82) is 0 Å². The predicted octanol–water partition coefficient (Wildman–Crippen LogP) is 3.67. The quantitative estimate of drug-likeness (QED) is 0.194. The normalized spacial score (nSPS) is 21.8. The van der Waals surface area contributed by atoms with Crippen molar-refractivity contribution in [2.24, 2.45) is 0 Å². The average Bonchev–Trinajstić information content (AvgIpc) is 1.65. The van der Waals surface area contributed by atoms with Crippen molar-refractivity contribution in [2.75, 3.05) is 237 Å². The molecule has 3 aromatic carbocycles. The van der Waals surface area contributed by atoms with Crippen molar-refractivity contribution in [3.63, 3.8) is 0 Å². The van der Waals surface area contributed by atoms with Crippen LogP contribution in [0.2, 0.25) is 0 Å². The van der Waals surface area contributed by atoms with Gasteiger partial charge in [-0.2, -0.15) is 68.3 Å². The minimum absolute atomic E-state index is 0. The van der Waals surface area contributed by atoms with Gasteiger partial charge in [0.1, 0.15) is 78.5 Å². The van der Waals surface area contributed by atoms with Crippen molar-refractivity contribution < 1.29 is 196 Å². The van der Waals surface area contributed by atoms with Gasteiger partial charge in [-0.1, -0.05) is 203 Å². The number of hydrogen-bond donors (Lipinski definition) is 4. The van der Waals surface area contributed by atoms with Gasteiger partial charge in [0.25, 0.3) is 0 Å². The summed E-state index contributed by atoms with van der Waals surface area (Å²) in [6.45, 7) is 90.4. The van der Waals surface area contributed by atoms with Gasteiger partial charge < -0.3 is 76.4 Å². The minimum atomic E-state index is 0. The molecule has 0 amide bonds. The van der Waals surface area contributed by atoms with Crippen LogP contribution in [-0.4, -0.2) is 237 Å². The summed E-state index contributed by atoms with van der Waals surface area (Å²) in [6, 6.07) is 14.5. The maximum absolute atomic E-state index is 5.73. The van der Waals surface area contributed by atoms with Gasteiger partial charge in [-0.15, -0.1) is 0 Å². The van der Waals surface area contributed by atoms with Crippen LogP contribution < -0.4 is 122 Å². The Morgan fingerprint density at radius 3 is 0.406 bits per heavy atom. The van der Waals surface area contributed by atoms with Crippen LogP contribution in [0.25, 0.3) is 0 Å². The number of hydrogen-bond acceptors (Lipinski definition) is 12. The summed E-state index contributed by atoms with van der Waals surface area (Å²) in [5, 5.41) is 0. The summed E-state index contributed by atoms with van der Waals surface area (Å²) in [4.78, 5) is 5.76. The fourth-order valence-corrected chi connectivity index (χ4v) is 12.6. The zero-order chi connectivity index (χ0) is 77.2. The maximum atomic E-state index is 5.73. The number of nitrogens with one attached hydrogen (secondary N) is 4. The van der Waals surface area contributed by atoms with Gasteiger partial charge in [0.15, 0.2) is 0 Å². The first kappa shape index (κ1) is 107. The van der Waals surface area contributed by atoms with E-state index < -0.39 is 0 Å². The van der Waals surface area contributed by atoms with Crippen molar-refractivity contribution in [2.45, 2.75) is 236 Å². The Kier molecular flexibility index (Phi) is 54.1. The summed E-state index contributed by atoms with van der Waals surface area (Å²) in [5.74, 6) is 0. The predicted molar refractivity (Wildman–Crippen MR) is 426 cm³/mol. The Morgan fingerprint density at radius 1 is 0.198 bits per heavy atom. The van der Waals surface area contributed by atoms with Crippen LogP contribution in [0.3, 0.4) is 0 Å². The van der Waals surface area contributed by atoms with Crippen molar-refractivity contribution >= 4 is 0 Å². The standard InChI is InChI=1S/2C18H36N2O6.3C17H29.2K.Mn/c2*1-7-21-13-14-24-10-4-20-5-11-25-17-15-22-8-2-19(1)3-9-23-16-18-26-12-6-20;3*1-15(2,3)12-10-13(16(4,5)6)14(11-12)17(7,8)9;;;/h2*1-18H2;3*10-11H,1-9H3;;;/q;;3*-1;2*+1;/p+4. The Labute approximate surface area is 747 Å². The monoisotopic (exact) mass is 1590 g/mol. The molecule has 3 aromatic rings. The van der Waals surface area contributed by atoms with Gasteiger partial charge in [0.2, 0.25) is 0 Å². The molecule has 19 heteroatoms. The molecule has 6 heterocycles. The average molecular weight is 1590 g/mol. The smallest absolute Gasteiger partial charge is 0.373 e. The molecule has 6 aliphatic heterocycles. The van der Waals surface area contributed by atoms with Gasteiger partial charge in [-0.3, -0.25) is 0 Å². The van der Waals surface area contributed by atoms with Gasteiger partial charge >= 0.3 is 103 Å². The van der Waals surface area contributed by atoms with E-state index in [0.29, 0.717) is 79.3 Å². The summed E-state index contributed by atoms with van der Waals surface area (Å²) in [6.07, 6.45) is 0. The molecule has 9 rings (SSSR count). The molecule has 609 valence electrons. The van der Waals surface area contributed by atoms with E-state index >= 15 is 0 Å². The van der Waals surface area contributed by atoms with Crippen LogP contribution in [0.1, 0.15) is 237 Å². The van der Waals surface area contributed by atoms with E-state index in [1.165, 1.54) is 69.7 Å². The van der Waals surface area contributed by atoms with E-state index in [1.807, 2.05) is 0 Å². The van der Waals surface area contributed by atoms with Gasteiger partial charge in [0, 0.05) is 17.1 Å². The van der Waals surface area contributed by atoms with Gasteiger partial charge in [0.05, 0.1) is 159 Å². The first-order valence-corrected chi connectivity index (χ1v) is 40.1. The molecular weight excluding hydrogens is 1430 g/mol. The minimum Gasteiger partial charge on any atom is -0.373 e. The largest absolute Gasteiger partial charge is 1.00 e. The second-order valence-corrected chi connectivity index (χ2v) is 38.3. The third-order valence-electron chi connectivity index (χ3n) is 19.5. The second-order valence-electron chi connectivity index (χ2n) is 38.3. The van der Waals surface area contributed by atoms with Crippen molar-refractivity contribution in [3.8, 4) is 0 Å². The fourth-order valence-electron chi connectivity index (χ4n) is 12.6. The van der Waals surface area contributed by atoms with Crippen LogP contribution in [0.5, 0.6) is 0 Å². The molecule has 1 radical (unpaired) electrons. The molecule has 4 N–H and O–H groups in total. The number of fused-ring (bicyclic) bond motifs is 42. The molecule has 0 atom stereocenters. The van der Waals surface area contributed by atoms with Gasteiger partial charge in [-0.05, 0) is 32.5 Å². The fraction of sp³-hybridized carbons (Fsp3) is 0.828. The zero-order valence-corrected chi connectivity index (χ0v) is 81.6. The Balaban J connectivity index is 0.00000131. The number of ether oxygens (including phenoxy) is 12. The third kappa shape index (κ3) is 46.2. The van der Waals surface area contributed by atoms with Crippen LogP contribution >= 0.6 is 0 Å². The molecule has 4 bridgehead atoms. The summed E-state index contributed by atoms with van der Waals surface area (Å²) in [7, 11) is 0. The molecule has 106 heavy (non-hydrogen) atoms. The summed E-state index contributed by atoms with van der Waals surface area (Å²) in [5.41, 5.74) is 15.5. The molecule has 6 fully saturated rings. The number of rotatable bonds is 0. The SMILES string of the molecule is C1COCC[NH+]2CCOCCOCC[NH+](CCO1)CCOCCOCC2.C1COCC[NH+]2CCOCCOCC[NH+](CCO1)CCOCCOCC2.CC(C)(C)c1cc(C(C)(C)C)c(C(C)(C)C)[cH-]1.CC(C)(C)c1cc(C(C)(C)C)c(C(C)(C)C)[cH-]1.CC(C)(C)c1cc(C(C)(C)C)c(C(C)(C)C)[cH-]1.[K+].[K+].[Mn]. The number of quaternary nitrogens is 4. The summed E-state index contributed by atoms with van der Waals surface area (Å²) >= 11 is 0. The van der Waals surface area contributed by atoms with E-state index in [-0.39, 0.29) is 169 Å². The van der Waals surface area contributed by atoms with E-state index in [4.69, 9.17) is 56.8 Å². The van der Waals surface area contributed by atoms with Crippen LogP contribution in [0, 0.1) is 0 Å². The molecule has 6 aliphatic rings. The Hall–Kier alpha value is 1.20. The van der Waals surface area contributed by atoms with E-state index in [0.717, 1.165) is 158 Å². The van der Waals surface area contributed by atoms with Gasteiger partial charge in [-0.25, -0.2) is 18.2 Å². The molecule has 0 aliphatic carbocycles. The maximum Gasteiger partial charge on any atom is 1.00 e. The second kappa shape index (κ2) is 53.5. The van der Waals surface area contributed by atoms with E-state index in [2.05, 4.69) is 223 Å².